The van der Waals surface area contributed by atoms with Gasteiger partial charge in [0.2, 0.25) is 0 Å². The van der Waals surface area contributed by atoms with E-state index < -0.39 is 0 Å². The molecule has 0 saturated heterocycles. The van der Waals surface area contributed by atoms with Gasteiger partial charge in [-0.1, -0.05) is 46.5 Å². The summed E-state index contributed by atoms with van der Waals surface area (Å²) in [7, 11) is 0. The third kappa shape index (κ3) is 1.43. The maximum atomic E-state index is 2.51. The molecule has 13 heavy (non-hydrogen) atoms. The lowest BCUT2D eigenvalue weighted by molar-refractivity contribution is -0.0460. The van der Waals surface area contributed by atoms with E-state index in [0.29, 0.717) is 5.41 Å². The van der Waals surface area contributed by atoms with E-state index in [1.54, 1.807) is 6.42 Å². The maximum absolute atomic E-state index is 2.51. The van der Waals surface area contributed by atoms with Gasteiger partial charge in [0, 0.05) is 0 Å². The van der Waals surface area contributed by atoms with E-state index in [1.165, 1.54) is 32.1 Å². The fourth-order valence-corrected chi connectivity index (χ4v) is 3.89. The van der Waals surface area contributed by atoms with Crippen molar-refractivity contribution >= 4 is 0 Å². The molecule has 0 aromatic carbocycles. The van der Waals surface area contributed by atoms with Crippen molar-refractivity contribution in [2.75, 3.05) is 0 Å². The van der Waals surface area contributed by atoms with E-state index in [9.17, 15) is 0 Å². The van der Waals surface area contributed by atoms with Crippen molar-refractivity contribution in [2.24, 2.45) is 23.2 Å². The van der Waals surface area contributed by atoms with Crippen molar-refractivity contribution in [1.82, 2.24) is 0 Å². The Labute approximate surface area is 83.1 Å². The van der Waals surface area contributed by atoms with Crippen molar-refractivity contribution in [1.29, 1.82) is 0 Å². The number of hydrogen-bond donors (Lipinski definition) is 0. The summed E-state index contributed by atoms with van der Waals surface area (Å²) >= 11 is 0. The van der Waals surface area contributed by atoms with Crippen molar-refractivity contribution < 1.29 is 0 Å². The number of rotatable bonds is 2. The summed E-state index contributed by atoms with van der Waals surface area (Å²) in [5.74, 6) is 3.21. The Morgan fingerprint density at radius 3 is 2.62 bits per heavy atom. The minimum Gasteiger partial charge on any atom is -0.0654 e. The molecule has 3 atom stereocenters. The molecule has 76 valence electrons. The Hall–Kier alpha value is 0. The third-order valence-electron chi connectivity index (χ3n) is 4.90. The van der Waals surface area contributed by atoms with Crippen LogP contribution in [0, 0.1) is 23.2 Å². The van der Waals surface area contributed by atoms with Crippen LogP contribution in [0.4, 0.5) is 0 Å². The second-order valence-electron chi connectivity index (χ2n) is 5.84. The van der Waals surface area contributed by atoms with Gasteiger partial charge in [0.05, 0.1) is 0 Å². The van der Waals surface area contributed by atoms with Crippen molar-refractivity contribution in [3.05, 3.63) is 0 Å². The topological polar surface area (TPSA) is 0 Å². The maximum Gasteiger partial charge on any atom is -0.0295 e. The minimum absolute atomic E-state index is 0.691. The standard InChI is InChI=1S/C13H24/c1-4-6-10-7-5-8-11-9-12(10)13(11,2)3/h10-12H,4-9H2,1-3H3/t10-,11?,12?/m1/s1. The average Bonchev–Trinajstić information content (AvgIpc) is 2.35. The van der Waals surface area contributed by atoms with Gasteiger partial charge in [-0.2, -0.15) is 0 Å². The minimum atomic E-state index is 0.691. The zero-order valence-electron chi connectivity index (χ0n) is 9.47. The highest BCUT2D eigenvalue weighted by atomic mass is 14.6. The second-order valence-corrected chi connectivity index (χ2v) is 5.84. The van der Waals surface area contributed by atoms with Crippen LogP contribution in [0.5, 0.6) is 0 Å². The third-order valence-corrected chi connectivity index (χ3v) is 4.90. The molecule has 2 unspecified atom stereocenters. The molecule has 0 N–H and O–H groups in total. The largest absolute Gasteiger partial charge is 0.0654 e. The molecule has 3 fully saturated rings. The first kappa shape index (κ1) is 9.55. The van der Waals surface area contributed by atoms with E-state index in [0.717, 1.165) is 17.8 Å². The summed E-state index contributed by atoms with van der Waals surface area (Å²) in [6.45, 7) is 7.37. The molecule has 0 amide bonds. The summed E-state index contributed by atoms with van der Waals surface area (Å²) in [6, 6.07) is 0. The van der Waals surface area contributed by atoms with E-state index in [2.05, 4.69) is 20.8 Å². The molecule has 0 aromatic heterocycles. The molecular formula is C13H24. The molecule has 3 saturated carbocycles. The van der Waals surface area contributed by atoms with Gasteiger partial charge in [-0.3, -0.25) is 0 Å². The highest BCUT2D eigenvalue weighted by Gasteiger charge is 2.51. The summed E-state index contributed by atoms with van der Waals surface area (Å²) in [6.07, 6.45) is 8.98. The SMILES string of the molecule is CCC[C@@H]1CCCC2CC1C2(C)C. The summed E-state index contributed by atoms with van der Waals surface area (Å²) < 4.78 is 0. The van der Waals surface area contributed by atoms with Gasteiger partial charge >= 0.3 is 0 Å². The Balaban J connectivity index is 2.06. The Kier molecular flexibility index (Phi) is 2.42. The zero-order chi connectivity index (χ0) is 9.47. The van der Waals surface area contributed by atoms with Crippen LogP contribution in [0.1, 0.15) is 59.3 Å². The average molecular weight is 180 g/mol. The Bertz CT molecular complexity index is 180. The van der Waals surface area contributed by atoms with E-state index in [-0.39, 0.29) is 0 Å². The van der Waals surface area contributed by atoms with Gasteiger partial charge in [0.1, 0.15) is 0 Å². The first-order chi connectivity index (χ1) is 6.16. The predicted octanol–water partition coefficient (Wildman–Crippen LogP) is 4.25. The Morgan fingerprint density at radius 1 is 1.23 bits per heavy atom. The van der Waals surface area contributed by atoms with Crippen LogP contribution in [-0.2, 0) is 0 Å². The van der Waals surface area contributed by atoms with Gasteiger partial charge in [0.25, 0.3) is 0 Å². The molecule has 3 rings (SSSR count). The lowest BCUT2D eigenvalue weighted by Gasteiger charge is -2.54. The smallest absolute Gasteiger partial charge is 0.0295 e. The summed E-state index contributed by atoms with van der Waals surface area (Å²) in [5, 5.41) is 0. The van der Waals surface area contributed by atoms with Crippen LogP contribution < -0.4 is 0 Å². The molecule has 0 aliphatic heterocycles. The number of hydrogen-bond acceptors (Lipinski definition) is 0. The van der Waals surface area contributed by atoms with E-state index in [1.807, 2.05) is 0 Å². The molecule has 2 bridgehead atoms. The van der Waals surface area contributed by atoms with Gasteiger partial charge in [0.15, 0.2) is 0 Å². The monoisotopic (exact) mass is 180 g/mol. The zero-order valence-corrected chi connectivity index (χ0v) is 9.47. The van der Waals surface area contributed by atoms with Crippen LogP contribution in [-0.4, -0.2) is 0 Å². The van der Waals surface area contributed by atoms with Gasteiger partial charge in [-0.25, -0.2) is 0 Å². The van der Waals surface area contributed by atoms with Crippen molar-refractivity contribution in [3.8, 4) is 0 Å². The van der Waals surface area contributed by atoms with Gasteiger partial charge < -0.3 is 0 Å². The molecule has 0 nitrogen and oxygen atoms in total. The van der Waals surface area contributed by atoms with Crippen LogP contribution in [0.2, 0.25) is 0 Å². The molecule has 3 aliphatic carbocycles. The first-order valence-electron chi connectivity index (χ1n) is 6.16. The van der Waals surface area contributed by atoms with E-state index in [4.69, 9.17) is 0 Å². The molecule has 0 spiro atoms. The molecule has 0 aromatic rings. The lowest BCUT2D eigenvalue weighted by Crippen LogP contribution is -2.46. The number of fused-ring (bicyclic) bond motifs is 3. The molecule has 3 aliphatic rings. The van der Waals surface area contributed by atoms with Crippen LogP contribution in [0.15, 0.2) is 0 Å². The molecule has 0 heterocycles. The second kappa shape index (κ2) is 3.29. The predicted molar refractivity (Wildman–Crippen MR) is 57.6 cm³/mol. The summed E-state index contributed by atoms with van der Waals surface area (Å²) in [5.41, 5.74) is 0.691. The quantitative estimate of drug-likeness (QED) is 0.596. The van der Waals surface area contributed by atoms with Crippen molar-refractivity contribution in [2.45, 2.75) is 59.3 Å². The fraction of sp³-hybridized carbons (Fsp3) is 1.00. The highest BCUT2D eigenvalue weighted by molar-refractivity contribution is 5.01. The fourth-order valence-electron chi connectivity index (χ4n) is 3.89. The van der Waals surface area contributed by atoms with Crippen LogP contribution >= 0.6 is 0 Å². The van der Waals surface area contributed by atoms with Crippen molar-refractivity contribution in [3.63, 3.8) is 0 Å². The van der Waals surface area contributed by atoms with Gasteiger partial charge in [-0.05, 0) is 36.0 Å². The molecule has 0 heteroatoms. The molecular weight excluding hydrogens is 156 g/mol. The molecule has 0 radical (unpaired) electrons. The van der Waals surface area contributed by atoms with Crippen LogP contribution in [0.25, 0.3) is 0 Å². The van der Waals surface area contributed by atoms with E-state index >= 15 is 0 Å². The normalized spacial score (nSPS) is 42.2. The highest BCUT2D eigenvalue weighted by Crippen LogP contribution is 2.60. The summed E-state index contributed by atoms with van der Waals surface area (Å²) in [4.78, 5) is 0. The van der Waals surface area contributed by atoms with Crippen LogP contribution in [0.3, 0.4) is 0 Å². The van der Waals surface area contributed by atoms with Gasteiger partial charge in [-0.15, -0.1) is 0 Å². The Morgan fingerprint density at radius 2 is 2.00 bits per heavy atom. The first-order valence-corrected chi connectivity index (χ1v) is 6.16. The lowest BCUT2D eigenvalue weighted by atomic mass is 9.51.